The maximum Gasteiger partial charge on any atom is 0.0487 e. The highest BCUT2D eigenvalue weighted by Gasteiger charge is 2.09. The number of nitrogens with one attached hydrogen (secondary N) is 1. The van der Waals surface area contributed by atoms with Crippen molar-refractivity contribution in [2.24, 2.45) is 5.92 Å². The quantitative estimate of drug-likeness (QED) is 0.637. The summed E-state index contributed by atoms with van der Waals surface area (Å²) in [6.07, 6.45) is 3.05. The third kappa shape index (κ3) is 7.85. The highest BCUT2D eigenvalue weighted by molar-refractivity contribution is 6.30. The van der Waals surface area contributed by atoms with E-state index in [2.05, 4.69) is 11.4 Å². The van der Waals surface area contributed by atoms with E-state index in [0.29, 0.717) is 5.92 Å². The lowest BCUT2D eigenvalue weighted by Gasteiger charge is -2.17. The van der Waals surface area contributed by atoms with Crippen molar-refractivity contribution in [2.45, 2.75) is 19.3 Å². The molecular formula is C16H26ClNO2. The fraction of sp³-hybridized carbons (Fsp3) is 0.625. The Bertz CT molecular complexity index is 360. The molecular weight excluding hydrogens is 274 g/mol. The minimum Gasteiger partial charge on any atom is -0.385 e. The number of halogens is 1. The van der Waals surface area contributed by atoms with Crippen LogP contribution in [0.2, 0.25) is 5.02 Å². The zero-order chi connectivity index (χ0) is 14.6. The van der Waals surface area contributed by atoms with Crippen molar-refractivity contribution in [2.75, 3.05) is 40.5 Å². The van der Waals surface area contributed by atoms with Gasteiger partial charge in [-0.1, -0.05) is 23.7 Å². The number of hydrogen-bond donors (Lipinski definition) is 1. The van der Waals surface area contributed by atoms with E-state index in [1.807, 2.05) is 25.2 Å². The van der Waals surface area contributed by atoms with Gasteiger partial charge >= 0.3 is 0 Å². The molecule has 114 valence electrons. The van der Waals surface area contributed by atoms with Crippen molar-refractivity contribution in [1.82, 2.24) is 5.32 Å². The van der Waals surface area contributed by atoms with E-state index < -0.39 is 0 Å². The maximum absolute atomic E-state index is 6.03. The molecule has 1 N–H and O–H groups in total. The van der Waals surface area contributed by atoms with Gasteiger partial charge in [-0.25, -0.2) is 0 Å². The topological polar surface area (TPSA) is 30.5 Å². The Morgan fingerprint density at radius 3 is 2.80 bits per heavy atom. The highest BCUT2D eigenvalue weighted by Crippen LogP contribution is 2.16. The highest BCUT2D eigenvalue weighted by atomic mass is 35.5. The van der Waals surface area contributed by atoms with Gasteiger partial charge in [0.25, 0.3) is 0 Å². The van der Waals surface area contributed by atoms with E-state index in [9.17, 15) is 0 Å². The van der Waals surface area contributed by atoms with Gasteiger partial charge in [-0.05, 0) is 56.5 Å². The number of benzene rings is 1. The normalized spacial score (nSPS) is 12.6. The fourth-order valence-corrected chi connectivity index (χ4v) is 2.43. The van der Waals surface area contributed by atoms with Gasteiger partial charge in [0.1, 0.15) is 0 Å². The van der Waals surface area contributed by atoms with Crippen LogP contribution in [0.3, 0.4) is 0 Å². The van der Waals surface area contributed by atoms with Crippen LogP contribution in [0.15, 0.2) is 24.3 Å². The Kier molecular flexibility index (Phi) is 9.67. The number of methoxy groups -OCH3 is 1. The van der Waals surface area contributed by atoms with Gasteiger partial charge in [-0.15, -0.1) is 0 Å². The Morgan fingerprint density at radius 1 is 1.25 bits per heavy atom. The van der Waals surface area contributed by atoms with Crippen LogP contribution >= 0.6 is 11.6 Å². The van der Waals surface area contributed by atoms with E-state index in [4.69, 9.17) is 21.1 Å². The van der Waals surface area contributed by atoms with Crippen molar-refractivity contribution >= 4 is 11.6 Å². The average Bonchev–Trinajstić information content (AvgIpc) is 2.43. The van der Waals surface area contributed by atoms with Crippen LogP contribution in [0.1, 0.15) is 18.4 Å². The molecule has 4 heteroatoms. The largest absolute Gasteiger partial charge is 0.385 e. The smallest absolute Gasteiger partial charge is 0.0487 e. The molecule has 0 fully saturated rings. The van der Waals surface area contributed by atoms with Gasteiger partial charge in [0.2, 0.25) is 0 Å². The summed E-state index contributed by atoms with van der Waals surface area (Å²) in [4.78, 5) is 0. The van der Waals surface area contributed by atoms with E-state index in [1.54, 1.807) is 7.11 Å². The summed E-state index contributed by atoms with van der Waals surface area (Å²) in [5.41, 5.74) is 1.29. The molecule has 1 atom stereocenters. The summed E-state index contributed by atoms with van der Waals surface area (Å²) in [6.45, 7) is 3.34. The lowest BCUT2D eigenvalue weighted by Crippen LogP contribution is -2.22. The summed E-state index contributed by atoms with van der Waals surface area (Å²) in [6, 6.07) is 8.10. The van der Waals surface area contributed by atoms with Crippen LogP contribution in [0, 0.1) is 5.92 Å². The summed E-state index contributed by atoms with van der Waals surface area (Å²) in [7, 11) is 3.71. The SMILES string of the molecule is CNCC(CCOCCCOC)Cc1cccc(Cl)c1. The minimum atomic E-state index is 0.570. The lowest BCUT2D eigenvalue weighted by atomic mass is 9.96. The molecule has 0 aliphatic heterocycles. The second kappa shape index (κ2) is 11.1. The predicted octanol–water partition coefficient (Wildman–Crippen LogP) is 3.16. The van der Waals surface area contributed by atoms with E-state index in [-0.39, 0.29) is 0 Å². The van der Waals surface area contributed by atoms with Crippen LogP contribution < -0.4 is 5.32 Å². The van der Waals surface area contributed by atoms with E-state index in [1.165, 1.54) is 5.56 Å². The minimum absolute atomic E-state index is 0.570. The molecule has 1 aromatic rings. The predicted molar refractivity (Wildman–Crippen MR) is 84.5 cm³/mol. The Hall–Kier alpha value is -0.610. The van der Waals surface area contributed by atoms with Crippen molar-refractivity contribution in [3.8, 4) is 0 Å². The van der Waals surface area contributed by atoms with Gasteiger partial charge < -0.3 is 14.8 Å². The van der Waals surface area contributed by atoms with Crippen molar-refractivity contribution in [1.29, 1.82) is 0 Å². The van der Waals surface area contributed by atoms with Gasteiger partial charge in [0, 0.05) is 32.0 Å². The Balaban J connectivity index is 2.29. The van der Waals surface area contributed by atoms with Crippen molar-refractivity contribution in [3.05, 3.63) is 34.9 Å². The molecule has 0 aromatic heterocycles. The molecule has 0 amide bonds. The average molecular weight is 300 g/mol. The number of hydrogen-bond acceptors (Lipinski definition) is 3. The molecule has 1 unspecified atom stereocenters. The van der Waals surface area contributed by atoms with Gasteiger partial charge in [0.05, 0.1) is 0 Å². The lowest BCUT2D eigenvalue weighted by molar-refractivity contribution is 0.0937. The number of rotatable bonds is 11. The maximum atomic E-state index is 6.03. The zero-order valence-electron chi connectivity index (χ0n) is 12.5. The molecule has 0 radical (unpaired) electrons. The molecule has 0 saturated heterocycles. The number of ether oxygens (including phenoxy) is 2. The third-order valence-electron chi connectivity index (χ3n) is 3.21. The standard InChI is InChI=1S/C16H26ClNO2/c1-18-13-15(7-10-20-9-4-8-19-2)11-14-5-3-6-16(17)12-14/h3,5-6,12,15,18H,4,7-11,13H2,1-2H3. The summed E-state index contributed by atoms with van der Waals surface area (Å²) >= 11 is 6.03. The van der Waals surface area contributed by atoms with E-state index >= 15 is 0 Å². The first-order valence-electron chi connectivity index (χ1n) is 7.22. The van der Waals surface area contributed by atoms with Crippen LogP contribution in [0.5, 0.6) is 0 Å². The van der Waals surface area contributed by atoms with Gasteiger partial charge in [-0.3, -0.25) is 0 Å². The monoisotopic (exact) mass is 299 g/mol. The molecule has 1 rings (SSSR count). The van der Waals surface area contributed by atoms with Crippen molar-refractivity contribution in [3.63, 3.8) is 0 Å². The third-order valence-corrected chi connectivity index (χ3v) is 3.45. The van der Waals surface area contributed by atoms with Gasteiger partial charge in [0.15, 0.2) is 0 Å². The first kappa shape index (κ1) is 17.4. The second-order valence-corrected chi connectivity index (χ2v) is 5.44. The molecule has 0 heterocycles. The molecule has 1 aromatic carbocycles. The molecule has 0 aliphatic rings. The molecule has 3 nitrogen and oxygen atoms in total. The molecule has 0 aliphatic carbocycles. The first-order chi connectivity index (χ1) is 9.76. The van der Waals surface area contributed by atoms with Crippen LogP contribution in [0.4, 0.5) is 0 Å². The first-order valence-corrected chi connectivity index (χ1v) is 7.59. The molecule has 0 spiro atoms. The molecule has 20 heavy (non-hydrogen) atoms. The fourth-order valence-electron chi connectivity index (χ4n) is 2.22. The second-order valence-electron chi connectivity index (χ2n) is 5.01. The molecule has 0 bridgehead atoms. The summed E-state index contributed by atoms with van der Waals surface area (Å²) < 4.78 is 10.6. The summed E-state index contributed by atoms with van der Waals surface area (Å²) in [5.74, 6) is 0.570. The van der Waals surface area contributed by atoms with Crippen LogP contribution in [0.25, 0.3) is 0 Å². The molecule has 0 saturated carbocycles. The van der Waals surface area contributed by atoms with Crippen LogP contribution in [-0.2, 0) is 15.9 Å². The van der Waals surface area contributed by atoms with Gasteiger partial charge in [-0.2, -0.15) is 0 Å². The summed E-state index contributed by atoms with van der Waals surface area (Å²) in [5, 5.41) is 4.06. The zero-order valence-corrected chi connectivity index (χ0v) is 13.3. The van der Waals surface area contributed by atoms with Crippen LogP contribution in [-0.4, -0.2) is 40.5 Å². The Labute approximate surface area is 127 Å². The van der Waals surface area contributed by atoms with E-state index in [0.717, 1.165) is 50.7 Å². The van der Waals surface area contributed by atoms with Crippen molar-refractivity contribution < 1.29 is 9.47 Å². The Morgan fingerprint density at radius 2 is 2.10 bits per heavy atom.